The zero-order chi connectivity index (χ0) is 13.8. The molecular formula is C17H19ClN2. The van der Waals surface area contributed by atoms with Crippen molar-refractivity contribution in [3.05, 3.63) is 53.3 Å². The fraction of sp³-hybridized carbons (Fsp3) is 0.353. The second kappa shape index (κ2) is 6.27. The molecule has 0 amide bonds. The first-order chi connectivity index (χ1) is 9.81. The number of benzene rings is 1. The molecule has 0 saturated heterocycles. The first-order valence-electron chi connectivity index (χ1n) is 7.28. The lowest BCUT2D eigenvalue weighted by Gasteiger charge is -2.23. The minimum atomic E-state index is 0.678. The van der Waals surface area contributed by atoms with E-state index in [1.54, 1.807) is 0 Å². The number of halogens is 1. The van der Waals surface area contributed by atoms with E-state index in [1.165, 1.54) is 32.1 Å². The van der Waals surface area contributed by atoms with Crippen molar-refractivity contribution in [2.24, 2.45) is 4.99 Å². The Morgan fingerprint density at radius 1 is 1.15 bits per heavy atom. The lowest BCUT2D eigenvalue weighted by Crippen LogP contribution is -2.10. The van der Waals surface area contributed by atoms with Crippen LogP contribution in [0.15, 0.2) is 47.7 Å². The van der Waals surface area contributed by atoms with Crippen LogP contribution in [0, 0.1) is 0 Å². The van der Waals surface area contributed by atoms with Crippen molar-refractivity contribution < 1.29 is 0 Å². The van der Waals surface area contributed by atoms with E-state index in [0.717, 1.165) is 16.3 Å². The summed E-state index contributed by atoms with van der Waals surface area (Å²) in [7, 11) is 0. The van der Waals surface area contributed by atoms with Crippen LogP contribution in [-0.2, 0) is 0 Å². The maximum absolute atomic E-state index is 5.95. The maximum Gasteiger partial charge on any atom is 0.0644 e. The molecule has 0 unspecified atom stereocenters. The summed E-state index contributed by atoms with van der Waals surface area (Å²) in [6, 6.07) is 10.4. The Balaban J connectivity index is 1.70. The molecule has 2 nitrogen and oxygen atoms in total. The fourth-order valence-electron chi connectivity index (χ4n) is 2.82. The number of aliphatic imine (C=N–C) groups is 1. The van der Waals surface area contributed by atoms with Gasteiger partial charge in [-0.15, -0.1) is 0 Å². The molecule has 0 radical (unpaired) electrons. The largest absolute Gasteiger partial charge is 0.351 e. The number of nitrogens with zero attached hydrogens (tertiary/aromatic N) is 2. The molecule has 0 aliphatic heterocycles. The summed E-state index contributed by atoms with van der Waals surface area (Å²) in [4.78, 5) is 4.47. The highest BCUT2D eigenvalue weighted by Crippen LogP contribution is 2.28. The molecule has 104 valence electrons. The summed E-state index contributed by atoms with van der Waals surface area (Å²) in [6.45, 7) is 0. The average molecular weight is 287 g/mol. The van der Waals surface area contributed by atoms with Crippen LogP contribution in [0.25, 0.3) is 0 Å². The van der Waals surface area contributed by atoms with Crippen LogP contribution in [0.2, 0.25) is 5.02 Å². The van der Waals surface area contributed by atoms with Crippen molar-refractivity contribution >= 4 is 23.5 Å². The summed E-state index contributed by atoms with van der Waals surface area (Å²) >= 11 is 5.95. The van der Waals surface area contributed by atoms with E-state index in [9.17, 15) is 0 Å². The first kappa shape index (κ1) is 13.4. The van der Waals surface area contributed by atoms with Crippen molar-refractivity contribution in [3.63, 3.8) is 0 Å². The van der Waals surface area contributed by atoms with Gasteiger partial charge in [-0.1, -0.05) is 36.9 Å². The lowest BCUT2D eigenvalue weighted by molar-refractivity contribution is 0.354. The van der Waals surface area contributed by atoms with Crippen LogP contribution in [0.3, 0.4) is 0 Å². The van der Waals surface area contributed by atoms with E-state index in [2.05, 4.69) is 28.0 Å². The van der Waals surface area contributed by atoms with Gasteiger partial charge in [0.15, 0.2) is 0 Å². The third-order valence-corrected chi connectivity index (χ3v) is 4.14. The minimum Gasteiger partial charge on any atom is -0.351 e. The van der Waals surface area contributed by atoms with Crippen molar-refractivity contribution in [3.8, 4) is 0 Å². The van der Waals surface area contributed by atoms with Crippen LogP contribution in [0.1, 0.15) is 43.7 Å². The summed E-state index contributed by atoms with van der Waals surface area (Å²) in [5.41, 5.74) is 2.04. The highest BCUT2D eigenvalue weighted by molar-refractivity contribution is 6.30. The SMILES string of the molecule is Clc1cccc(N=Cc2ccn(C3CCCCC3)c2)c1. The van der Waals surface area contributed by atoms with Gasteiger partial charge in [0.1, 0.15) is 0 Å². The number of rotatable bonds is 3. The summed E-state index contributed by atoms with van der Waals surface area (Å²) in [5.74, 6) is 0. The molecule has 1 aromatic carbocycles. The quantitative estimate of drug-likeness (QED) is 0.673. The van der Waals surface area contributed by atoms with E-state index >= 15 is 0 Å². The predicted molar refractivity (Wildman–Crippen MR) is 85.3 cm³/mol. The van der Waals surface area contributed by atoms with Gasteiger partial charge in [0.2, 0.25) is 0 Å². The van der Waals surface area contributed by atoms with Gasteiger partial charge in [0, 0.05) is 35.2 Å². The third kappa shape index (κ3) is 3.31. The number of hydrogen-bond donors (Lipinski definition) is 0. The molecule has 2 aromatic rings. The van der Waals surface area contributed by atoms with Gasteiger partial charge in [-0.3, -0.25) is 4.99 Å². The van der Waals surface area contributed by atoms with Crippen molar-refractivity contribution in [1.82, 2.24) is 4.57 Å². The molecular weight excluding hydrogens is 268 g/mol. The van der Waals surface area contributed by atoms with Gasteiger partial charge >= 0.3 is 0 Å². The van der Waals surface area contributed by atoms with E-state index in [0.29, 0.717) is 6.04 Å². The Morgan fingerprint density at radius 2 is 2.00 bits per heavy atom. The number of hydrogen-bond acceptors (Lipinski definition) is 1. The normalized spacial score (nSPS) is 16.9. The molecule has 20 heavy (non-hydrogen) atoms. The highest BCUT2D eigenvalue weighted by Gasteiger charge is 2.14. The molecule has 1 fully saturated rings. The second-order valence-corrected chi connectivity index (χ2v) is 5.86. The monoisotopic (exact) mass is 286 g/mol. The van der Waals surface area contributed by atoms with E-state index < -0.39 is 0 Å². The summed E-state index contributed by atoms with van der Waals surface area (Å²) in [5, 5.41) is 0.722. The van der Waals surface area contributed by atoms with Crippen LogP contribution in [0.5, 0.6) is 0 Å². The maximum atomic E-state index is 5.95. The molecule has 0 atom stereocenters. The van der Waals surface area contributed by atoms with Crippen molar-refractivity contribution in [2.75, 3.05) is 0 Å². The van der Waals surface area contributed by atoms with Gasteiger partial charge in [-0.05, 0) is 37.1 Å². The van der Waals surface area contributed by atoms with Gasteiger partial charge < -0.3 is 4.57 Å². The van der Waals surface area contributed by atoms with Gasteiger partial charge in [-0.25, -0.2) is 0 Å². The standard InChI is InChI=1S/C17H19ClN2/c18-15-5-4-6-16(11-15)19-12-14-9-10-20(13-14)17-7-2-1-3-8-17/h4-6,9-13,17H,1-3,7-8H2. The summed E-state index contributed by atoms with van der Waals surface area (Å²) in [6.07, 6.45) is 13.0. The van der Waals surface area contributed by atoms with Gasteiger partial charge in [0.05, 0.1) is 5.69 Å². The van der Waals surface area contributed by atoms with Crippen LogP contribution >= 0.6 is 11.6 Å². The first-order valence-corrected chi connectivity index (χ1v) is 7.66. The Bertz CT molecular complexity index is 595. The van der Waals surface area contributed by atoms with Crippen LogP contribution < -0.4 is 0 Å². The van der Waals surface area contributed by atoms with E-state index in [4.69, 9.17) is 11.6 Å². The molecule has 1 saturated carbocycles. The van der Waals surface area contributed by atoms with Crippen LogP contribution in [-0.4, -0.2) is 10.8 Å². The Hall–Kier alpha value is -1.54. The Kier molecular flexibility index (Phi) is 4.22. The van der Waals surface area contributed by atoms with E-state index in [1.807, 2.05) is 30.5 Å². The topological polar surface area (TPSA) is 17.3 Å². The molecule has 0 bridgehead atoms. The lowest BCUT2D eigenvalue weighted by atomic mass is 9.95. The molecule has 0 N–H and O–H groups in total. The zero-order valence-corrected chi connectivity index (χ0v) is 12.3. The van der Waals surface area contributed by atoms with Crippen LogP contribution in [0.4, 0.5) is 5.69 Å². The molecule has 3 rings (SSSR count). The molecule has 1 aromatic heterocycles. The Labute approximate surface area is 125 Å². The average Bonchev–Trinajstić information content (AvgIpc) is 2.95. The third-order valence-electron chi connectivity index (χ3n) is 3.90. The van der Waals surface area contributed by atoms with Gasteiger partial charge in [-0.2, -0.15) is 0 Å². The van der Waals surface area contributed by atoms with E-state index in [-0.39, 0.29) is 0 Å². The molecule has 3 heteroatoms. The Morgan fingerprint density at radius 3 is 2.80 bits per heavy atom. The van der Waals surface area contributed by atoms with Gasteiger partial charge in [0.25, 0.3) is 0 Å². The molecule has 0 spiro atoms. The summed E-state index contributed by atoms with van der Waals surface area (Å²) < 4.78 is 2.35. The minimum absolute atomic E-state index is 0.678. The molecule has 1 aliphatic carbocycles. The number of aromatic nitrogens is 1. The molecule has 1 heterocycles. The fourth-order valence-corrected chi connectivity index (χ4v) is 3.00. The van der Waals surface area contributed by atoms with Crippen molar-refractivity contribution in [1.29, 1.82) is 0 Å². The van der Waals surface area contributed by atoms with Crippen molar-refractivity contribution in [2.45, 2.75) is 38.1 Å². The predicted octanol–water partition coefficient (Wildman–Crippen LogP) is 5.40. The zero-order valence-electron chi connectivity index (χ0n) is 11.5. The molecule has 1 aliphatic rings. The second-order valence-electron chi connectivity index (χ2n) is 5.42. The highest BCUT2D eigenvalue weighted by atomic mass is 35.5. The smallest absolute Gasteiger partial charge is 0.0644 e.